The average molecular weight is 374 g/mol. The second-order valence-electron chi connectivity index (χ2n) is 5.47. The SMILES string of the molecule is CCS(=O)(=O)c1ccc(OC)c(Nc2ncc(-c3ccc(O)cc3)o2)c1. The van der Waals surface area contributed by atoms with E-state index in [1.807, 2.05) is 0 Å². The Balaban J connectivity index is 1.91. The molecule has 0 atom stereocenters. The number of rotatable bonds is 6. The fourth-order valence-electron chi connectivity index (χ4n) is 2.35. The zero-order valence-corrected chi connectivity index (χ0v) is 15.1. The number of anilines is 2. The molecule has 0 amide bonds. The topological polar surface area (TPSA) is 102 Å². The Bertz CT molecular complexity index is 1010. The van der Waals surface area contributed by atoms with Crippen LogP contribution in [0.2, 0.25) is 0 Å². The summed E-state index contributed by atoms with van der Waals surface area (Å²) in [7, 11) is -1.86. The van der Waals surface area contributed by atoms with Crippen LogP contribution in [0.3, 0.4) is 0 Å². The number of oxazole rings is 1. The zero-order valence-electron chi connectivity index (χ0n) is 14.3. The lowest BCUT2D eigenvalue weighted by Gasteiger charge is -2.10. The number of sulfone groups is 1. The van der Waals surface area contributed by atoms with Crippen LogP contribution in [-0.4, -0.2) is 31.4 Å². The summed E-state index contributed by atoms with van der Waals surface area (Å²) >= 11 is 0. The second-order valence-corrected chi connectivity index (χ2v) is 7.75. The molecule has 136 valence electrons. The van der Waals surface area contributed by atoms with E-state index in [1.165, 1.54) is 25.4 Å². The predicted molar refractivity (Wildman–Crippen MR) is 97.6 cm³/mol. The molecule has 0 fully saturated rings. The molecular weight excluding hydrogens is 356 g/mol. The predicted octanol–water partition coefficient (Wildman–Crippen LogP) is 3.59. The third-order valence-corrected chi connectivity index (χ3v) is 5.54. The van der Waals surface area contributed by atoms with Gasteiger partial charge in [-0.25, -0.2) is 13.4 Å². The minimum Gasteiger partial charge on any atom is -0.508 e. The quantitative estimate of drug-likeness (QED) is 0.680. The number of nitrogens with one attached hydrogen (secondary N) is 1. The lowest BCUT2D eigenvalue weighted by molar-refractivity contribution is 0.416. The lowest BCUT2D eigenvalue weighted by Crippen LogP contribution is -2.05. The van der Waals surface area contributed by atoms with E-state index in [0.717, 1.165) is 5.56 Å². The molecule has 2 N–H and O–H groups in total. The van der Waals surface area contributed by atoms with Crippen molar-refractivity contribution in [2.75, 3.05) is 18.2 Å². The van der Waals surface area contributed by atoms with Crippen LogP contribution in [-0.2, 0) is 9.84 Å². The summed E-state index contributed by atoms with van der Waals surface area (Å²) < 4.78 is 35.1. The molecule has 0 aliphatic heterocycles. The largest absolute Gasteiger partial charge is 0.508 e. The van der Waals surface area contributed by atoms with E-state index in [4.69, 9.17) is 9.15 Å². The minimum absolute atomic E-state index is 0.00275. The number of hydrogen-bond donors (Lipinski definition) is 2. The van der Waals surface area contributed by atoms with Crippen molar-refractivity contribution in [3.05, 3.63) is 48.7 Å². The third-order valence-electron chi connectivity index (χ3n) is 3.81. The van der Waals surface area contributed by atoms with E-state index in [1.54, 1.807) is 37.3 Å². The van der Waals surface area contributed by atoms with E-state index < -0.39 is 9.84 Å². The molecule has 2 aromatic carbocycles. The molecule has 1 aromatic heterocycles. The highest BCUT2D eigenvalue weighted by Gasteiger charge is 2.16. The maximum Gasteiger partial charge on any atom is 0.299 e. The number of phenols is 1. The smallest absolute Gasteiger partial charge is 0.299 e. The molecule has 0 spiro atoms. The van der Waals surface area contributed by atoms with Crippen molar-refractivity contribution >= 4 is 21.5 Å². The Labute approximate surface area is 151 Å². The van der Waals surface area contributed by atoms with E-state index in [2.05, 4.69) is 10.3 Å². The van der Waals surface area contributed by atoms with Crippen LogP contribution >= 0.6 is 0 Å². The Morgan fingerprint density at radius 2 is 1.92 bits per heavy atom. The zero-order chi connectivity index (χ0) is 18.7. The molecular formula is C18H18N2O5S. The molecule has 0 unspecified atom stereocenters. The van der Waals surface area contributed by atoms with E-state index >= 15 is 0 Å². The van der Waals surface area contributed by atoms with Crippen LogP contribution in [0, 0.1) is 0 Å². The van der Waals surface area contributed by atoms with Gasteiger partial charge in [-0.3, -0.25) is 0 Å². The summed E-state index contributed by atoms with van der Waals surface area (Å²) in [6.45, 7) is 1.59. The molecule has 0 bridgehead atoms. The number of aromatic nitrogens is 1. The van der Waals surface area contributed by atoms with Crippen molar-refractivity contribution in [1.29, 1.82) is 0 Å². The molecule has 26 heavy (non-hydrogen) atoms. The number of hydrogen-bond acceptors (Lipinski definition) is 7. The van der Waals surface area contributed by atoms with Crippen molar-refractivity contribution in [2.24, 2.45) is 0 Å². The van der Waals surface area contributed by atoms with Crippen LogP contribution in [0.15, 0.2) is 58.0 Å². The van der Waals surface area contributed by atoms with E-state index in [0.29, 0.717) is 17.2 Å². The van der Waals surface area contributed by atoms with Crippen LogP contribution in [0.25, 0.3) is 11.3 Å². The van der Waals surface area contributed by atoms with E-state index in [-0.39, 0.29) is 22.4 Å². The van der Waals surface area contributed by atoms with Gasteiger partial charge in [0.25, 0.3) is 6.01 Å². The average Bonchev–Trinajstić information content (AvgIpc) is 3.10. The Hall–Kier alpha value is -3.00. The van der Waals surface area contributed by atoms with Gasteiger partial charge in [-0.1, -0.05) is 6.92 Å². The van der Waals surface area contributed by atoms with Gasteiger partial charge < -0.3 is 19.6 Å². The molecule has 8 heteroatoms. The minimum atomic E-state index is -3.35. The summed E-state index contributed by atoms with van der Waals surface area (Å²) in [4.78, 5) is 4.34. The van der Waals surface area contributed by atoms with Crippen molar-refractivity contribution in [3.63, 3.8) is 0 Å². The number of aromatic hydroxyl groups is 1. The third kappa shape index (κ3) is 3.65. The van der Waals surface area contributed by atoms with Crippen LogP contribution in [0.4, 0.5) is 11.7 Å². The first-order valence-corrected chi connectivity index (χ1v) is 9.51. The maximum atomic E-state index is 12.1. The normalized spacial score (nSPS) is 11.3. The number of benzene rings is 2. The van der Waals surface area contributed by atoms with Gasteiger partial charge in [0.2, 0.25) is 0 Å². The van der Waals surface area contributed by atoms with Crippen molar-refractivity contribution in [3.8, 4) is 22.8 Å². The lowest BCUT2D eigenvalue weighted by atomic mass is 10.2. The number of ether oxygens (including phenoxy) is 1. The first kappa shape index (κ1) is 17.8. The number of nitrogens with zero attached hydrogens (tertiary/aromatic N) is 1. The van der Waals surface area contributed by atoms with Crippen LogP contribution in [0.1, 0.15) is 6.92 Å². The number of methoxy groups -OCH3 is 1. The molecule has 1 heterocycles. The summed E-state index contributed by atoms with van der Waals surface area (Å²) in [6.07, 6.45) is 1.54. The van der Waals surface area contributed by atoms with Gasteiger partial charge in [-0.05, 0) is 42.5 Å². The summed E-state index contributed by atoms with van der Waals surface area (Å²) in [5.41, 5.74) is 1.18. The molecule has 3 aromatic rings. The van der Waals surface area contributed by atoms with Crippen LogP contribution in [0.5, 0.6) is 11.5 Å². The first-order valence-electron chi connectivity index (χ1n) is 7.86. The fraction of sp³-hybridized carbons (Fsp3) is 0.167. The molecule has 0 saturated carbocycles. The molecule has 0 radical (unpaired) electrons. The van der Waals surface area contributed by atoms with Gasteiger partial charge in [0.15, 0.2) is 15.6 Å². The number of phenolic OH excluding ortho intramolecular Hbond substituents is 1. The monoisotopic (exact) mass is 374 g/mol. The van der Waals surface area contributed by atoms with Gasteiger partial charge in [0, 0.05) is 5.56 Å². The van der Waals surface area contributed by atoms with Gasteiger partial charge in [0.05, 0.1) is 29.6 Å². The summed E-state index contributed by atoms with van der Waals surface area (Å²) in [5.74, 6) is 1.13. The Morgan fingerprint density at radius 3 is 2.58 bits per heavy atom. The first-order chi connectivity index (χ1) is 12.4. The van der Waals surface area contributed by atoms with Gasteiger partial charge >= 0.3 is 0 Å². The second kappa shape index (κ2) is 7.09. The summed E-state index contributed by atoms with van der Waals surface area (Å²) in [6, 6.07) is 11.3. The molecule has 0 aliphatic rings. The maximum absolute atomic E-state index is 12.1. The molecule has 0 aliphatic carbocycles. The van der Waals surface area contributed by atoms with Crippen molar-refractivity contribution in [1.82, 2.24) is 4.98 Å². The molecule has 3 rings (SSSR count). The summed E-state index contributed by atoms with van der Waals surface area (Å²) in [5, 5.41) is 12.3. The van der Waals surface area contributed by atoms with Crippen molar-refractivity contribution in [2.45, 2.75) is 11.8 Å². The van der Waals surface area contributed by atoms with Gasteiger partial charge in [-0.15, -0.1) is 0 Å². The fourth-order valence-corrected chi connectivity index (χ4v) is 3.26. The van der Waals surface area contributed by atoms with Crippen LogP contribution < -0.4 is 10.1 Å². The molecule has 7 nitrogen and oxygen atoms in total. The van der Waals surface area contributed by atoms with Gasteiger partial charge in [-0.2, -0.15) is 0 Å². The Kier molecular flexibility index (Phi) is 4.85. The molecule has 0 saturated heterocycles. The Morgan fingerprint density at radius 1 is 1.19 bits per heavy atom. The van der Waals surface area contributed by atoms with Crippen molar-refractivity contribution < 1.29 is 22.7 Å². The van der Waals surface area contributed by atoms with E-state index in [9.17, 15) is 13.5 Å². The highest BCUT2D eigenvalue weighted by atomic mass is 32.2. The highest BCUT2D eigenvalue weighted by molar-refractivity contribution is 7.91. The standard InChI is InChI=1S/C18H18N2O5S/c1-3-26(22,23)14-8-9-16(24-2)15(10-14)20-18-19-11-17(25-18)12-4-6-13(21)7-5-12/h4-11,21H,3H2,1-2H3,(H,19,20). The highest BCUT2D eigenvalue weighted by Crippen LogP contribution is 2.32. The van der Waals surface area contributed by atoms with Gasteiger partial charge in [0.1, 0.15) is 11.5 Å².